The summed E-state index contributed by atoms with van der Waals surface area (Å²) in [6.07, 6.45) is 4.38. The predicted molar refractivity (Wildman–Crippen MR) is 98.3 cm³/mol. The lowest BCUT2D eigenvalue weighted by Gasteiger charge is -2.35. The summed E-state index contributed by atoms with van der Waals surface area (Å²) >= 11 is 1.38. The highest BCUT2D eigenvalue weighted by molar-refractivity contribution is 7.99. The molecule has 1 saturated heterocycles. The van der Waals surface area contributed by atoms with Gasteiger partial charge in [0, 0.05) is 45.0 Å². The number of aryl methyl sites for hydroxylation is 1. The Kier molecular flexibility index (Phi) is 4.74. The van der Waals surface area contributed by atoms with E-state index in [0.717, 1.165) is 36.8 Å². The minimum Gasteiger partial charge on any atom is -0.352 e. The predicted octanol–water partition coefficient (Wildman–Crippen LogP) is 0.851. The van der Waals surface area contributed by atoms with Crippen LogP contribution < -0.4 is 4.90 Å². The van der Waals surface area contributed by atoms with E-state index in [1.54, 1.807) is 10.7 Å². The average molecular weight is 372 g/mol. The summed E-state index contributed by atoms with van der Waals surface area (Å²) in [4.78, 5) is 25.0. The molecule has 10 heteroatoms. The van der Waals surface area contributed by atoms with Gasteiger partial charge < -0.3 is 9.80 Å². The molecule has 136 valence electrons. The summed E-state index contributed by atoms with van der Waals surface area (Å²) in [6, 6.07) is 3.93. The molecule has 4 rings (SSSR count). The second-order valence-corrected chi connectivity index (χ2v) is 6.94. The van der Waals surface area contributed by atoms with Crippen molar-refractivity contribution in [3.8, 4) is 0 Å². The number of nitrogens with one attached hydrogen (secondary N) is 1. The van der Waals surface area contributed by atoms with E-state index in [1.165, 1.54) is 11.8 Å². The van der Waals surface area contributed by atoms with Crippen LogP contribution in [0, 0.1) is 0 Å². The Balaban J connectivity index is 1.30. The summed E-state index contributed by atoms with van der Waals surface area (Å²) in [5.41, 5.74) is 0.831. The number of anilines is 1. The fraction of sp³-hybridized carbons (Fsp3) is 0.438. The SMILES string of the molecule is CCc1nc(SCC(=O)N2CCN(c3ccc4nccn4n3)CC2)n[nH]1. The maximum atomic E-state index is 12.4. The van der Waals surface area contributed by atoms with Crippen LogP contribution in [0.5, 0.6) is 0 Å². The Morgan fingerprint density at radius 1 is 1.27 bits per heavy atom. The van der Waals surface area contributed by atoms with E-state index in [4.69, 9.17) is 0 Å². The molecule has 4 heterocycles. The fourth-order valence-corrected chi connectivity index (χ4v) is 3.60. The molecule has 9 nitrogen and oxygen atoms in total. The third kappa shape index (κ3) is 3.50. The fourth-order valence-electron chi connectivity index (χ4n) is 2.88. The Labute approximate surface area is 154 Å². The molecule has 1 amide bonds. The summed E-state index contributed by atoms with van der Waals surface area (Å²) in [7, 11) is 0. The van der Waals surface area contributed by atoms with E-state index in [2.05, 4.69) is 30.2 Å². The van der Waals surface area contributed by atoms with Gasteiger partial charge in [-0.05, 0) is 12.1 Å². The Hall–Kier alpha value is -2.62. The molecule has 0 saturated carbocycles. The maximum absolute atomic E-state index is 12.4. The van der Waals surface area contributed by atoms with Crippen LogP contribution in [0.3, 0.4) is 0 Å². The van der Waals surface area contributed by atoms with Crippen LogP contribution in [0.4, 0.5) is 5.82 Å². The van der Waals surface area contributed by atoms with Crippen LogP contribution in [0.15, 0.2) is 29.7 Å². The van der Waals surface area contributed by atoms with Gasteiger partial charge in [0.25, 0.3) is 0 Å². The molecule has 0 aliphatic carbocycles. The molecule has 1 aliphatic heterocycles. The van der Waals surface area contributed by atoms with Gasteiger partial charge in [0.05, 0.1) is 5.75 Å². The number of nitrogens with zero attached hydrogens (tertiary/aromatic N) is 7. The number of carbonyl (C=O) groups excluding carboxylic acids is 1. The monoisotopic (exact) mass is 372 g/mol. The lowest BCUT2D eigenvalue weighted by atomic mass is 10.3. The lowest BCUT2D eigenvalue weighted by Crippen LogP contribution is -2.49. The third-order valence-corrected chi connectivity index (χ3v) is 5.20. The first-order chi connectivity index (χ1) is 12.7. The first kappa shape index (κ1) is 16.8. The standard InChI is InChI=1S/C16H20N8OS/c1-2-12-18-16(20-19-12)26-11-15(25)23-9-7-22(8-10-23)14-4-3-13-17-5-6-24(13)21-14/h3-6H,2,7-11H2,1H3,(H,18,19,20). The third-order valence-electron chi connectivity index (χ3n) is 4.37. The number of carbonyl (C=O) groups is 1. The number of H-pyrrole nitrogens is 1. The van der Waals surface area contributed by atoms with Crippen molar-refractivity contribution < 1.29 is 4.79 Å². The van der Waals surface area contributed by atoms with E-state index >= 15 is 0 Å². The normalized spacial score (nSPS) is 15.0. The summed E-state index contributed by atoms with van der Waals surface area (Å²) in [6.45, 7) is 4.93. The number of piperazine rings is 1. The van der Waals surface area contributed by atoms with Crippen LogP contribution in [0.2, 0.25) is 0 Å². The molecule has 1 N–H and O–H groups in total. The Morgan fingerprint density at radius 2 is 2.12 bits per heavy atom. The smallest absolute Gasteiger partial charge is 0.233 e. The van der Waals surface area contributed by atoms with Gasteiger partial charge >= 0.3 is 0 Å². The van der Waals surface area contributed by atoms with Gasteiger partial charge in [0.15, 0.2) is 5.65 Å². The van der Waals surface area contributed by atoms with Gasteiger partial charge in [-0.15, -0.1) is 10.2 Å². The highest BCUT2D eigenvalue weighted by Gasteiger charge is 2.22. The molecule has 0 unspecified atom stereocenters. The second kappa shape index (κ2) is 7.32. The van der Waals surface area contributed by atoms with Gasteiger partial charge in [0.1, 0.15) is 11.6 Å². The highest BCUT2D eigenvalue weighted by Crippen LogP contribution is 2.17. The molecule has 26 heavy (non-hydrogen) atoms. The van der Waals surface area contributed by atoms with Crippen molar-refractivity contribution in [3.05, 3.63) is 30.4 Å². The molecule has 0 bridgehead atoms. The highest BCUT2D eigenvalue weighted by atomic mass is 32.2. The molecular weight excluding hydrogens is 352 g/mol. The van der Waals surface area contributed by atoms with Gasteiger partial charge in [0.2, 0.25) is 11.1 Å². The zero-order valence-electron chi connectivity index (χ0n) is 14.5. The topological polar surface area (TPSA) is 95.3 Å². The first-order valence-corrected chi connectivity index (χ1v) is 9.58. The number of fused-ring (bicyclic) bond motifs is 1. The van der Waals surface area contributed by atoms with Crippen LogP contribution in [0.25, 0.3) is 5.65 Å². The molecule has 0 spiro atoms. The molecular formula is C16H20N8OS. The molecule has 0 atom stereocenters. The molecule has 3 aromatic rings. The summed E-state index contributed by atoms with van der Waals surface area (Å²) in [5.74, 6) is 2.23. The summed E-state index contributed by atoms with van der Waals surface area (Å²) < 4.78 is 1.77. The average Bonchev–Trinajstić information content (AvgIpc) is 3.34. The van der Waals surface area contributed by atoms with Gasteiger partial charge in [-0.1, -0.05) is 18.7 Å². The van der Waals surface area contributed by atoms with Crippen LogP contribution >= 0.6 is 11.8 Å². The van der Waals surface area contributed by atoms with Crippen molar-refractivity contribution in [1.82, 2.24) is 34.7 Å². The zero-order chi connectivity index (χ0) is 17.9. The quantitative estimate of drug-likeness (QED) is 0.663. The van der Waals surface area contributed by atoms with Crippen molar-refractivity contribution >= 4 is 29.1 Å². The molecule has 1 fully saturated rings. The first-order valence-electron chi connectivity index (χ1n) is 8.60. The number of rotatable bonds is 5. The van der Waals surface area contributed by atoms with Crippen molar-refractivity contribution in [2.24, 2.45) is 0 Å². The lowest BCUT2D eigenvalue weighted by molar-refractivity contribution is -0.128. The maximum Gasteiger partial charge on any atom is 0.233 e. The van der Waals surface area contributed by atoms with Gasteiger partial charge in [-0.25, -0.2) is 14.5 Å². The number of thioether (sulfide) groups is 1. The van der Waals surface area contributed by atoms with Crippen molar-refractivity contribution in [3.63, 3.8) is 0 Å². The van der Waals surface area contributed by atoms with Crippen LogP contribution in [-0.2, 0) is 11.2 Å². The number of imidazole rings is 1. The van der Waals surface area contributed by atoms with Gasteiger partial charge in [-0.2, -0.15) is 0 Å². The molecule has 0 radical (unpaired) electrons. The largest absolute Gasteiger partial charge is 0.352 e. The number of amides is 1. The Bertz CT molecular complexity index is 898. The molecule has 3 aromatic heterocycles. The second-order valence-electron chi connectivity index (χ2n) is 6.00. The van der Waals surface area contributed by atoms with E-state index in [9.17, 15) is 4.79 Å². The minimum absolute atomic E-state index is 0.121. The van der Waals surface area contributed by atoms with E-state index in [1.807, 2.05) is 30.2 Å². The number of aromatic nitrogens is 6. The number of aromatic amines is 1. The number of hydrogen-bond donors (Lipinski definition) is 1. The van der Waals surface area contributed by atoms with Crippen LogP contribution in [-0.4, -0.2) is 72.5 Å². The molecule has 0 aromatic carbocycles. The number of hydrogen-bond acceptors (Lipinski definition) is 7. The van der Waals surface area contributed by atoms with Gasteiger partial charge in [-0.3, -0.25) is 9.89 Å². The van der Waals surface area contributed by atoms with Crippen molar-refractivity contribution in [1.29, 1.82) is 0 Å². The van der Waals surface area contributed by atoms with Crippen molar-refractivity contribution in [2.45, 2.75) is 18.5 Å². The Morgan fingerprint density at radius 3 is 2.88 bits per heavy atom. The molecule has 1 aliphatic rings. The van der Waals surface area contributed by atoms with E-state index < -0.39 is 0 Å². The van der Waals surface area contributed by atoms with E-state index in [-0.39, 0.29) is 5.91 Å². The summed E-state index contributed by atoms with van der Waals surface area (Å²) in [5, 5.41) is 12.2. The van der Waals surface area contributed by atoms with Crippen LogP contribution in [0.1, 0.15) is 12.7 Å². The van der Waals surface area contributed by atoms with E-state index in [0.29, 0.717) is 24.0 Å². The van der Waals surface area contributed by atoms with Crippen molar-refractivity contribution in [2.75, 3.05) is 36.8 Å². The minimum atomic E-state index is 0.121. The zero-order valence-corrected chi connectivity index (χ0v) is 15.3.